The van der Waals surface area contributed by atoms with Crippen LogP contribution in [0.25, 0.3) is 11.1 Å². The van der Waals surface area contributed by atoms with Gasteiger partial charge in [0.1, 0.15) is 0 Å². The minimum Gasteiger partial charge on any atom is -0.303 e. The van der Waals surface area contributed by atoms with E-state index in [1.807, 2.05) is 38.4 Å². The Morgan fingerprint density at radius 1 is 1.25 bits per heavy atom. The van der Waals surface area contributed by atoms with Gasteiger partial charge in [-0.1, -0.05) is 18.2 Å². The summed E-state index contributed by atoms with van der Waals surface area (Å²) < 4.78 is 26.3. The summed E-state index contributed by atoms with van der Waals surface area (Å²) in [7, 11) is 4.02. The van der Waals surface area contributed by atoms with E-state index in [9.17, 15) is 8.78 Å². The van der Waals surface area contributed by atoms with Gasteiger partial charge >= 0.3 is 6.55 Å². The molecule has 3 nitrogen and oxygen atoms in total. The Bertz CT molecular complexity index is 591. The first kappa shape index (κ1) is 14.7. The molecule has 108 valence electrons. The number of rotatable bonds is 4. The van der Waals surface area contributed by atoms with Crippen molar-refractivity contribution in [3.63, 3.8) is 0 Å². The summed E-state index contributed by atoms with van der Waals surface area (Å²) in [6.45, 7) is 1.16. The van der Waals surface area contributed by atoms with Crippen molar-refractivity contribution < 1.29 is 8.78 Å². The summed E-state index contributed by atoms with van der Waals surface area (Å²) in [5.41, 5.74) is 3.30. The van der Waals surface area contributed by atoms with Crippen LogP contribution in [0.4, 0.5) is 8.78 Å². The van der Waals surface area contributed by atoms with E-state index >= 15 is 0 Å². The van der Waals surface area contributed by atoms with Gasteiger partial charge in [-0.05, 0) is 45.1 Å². The molecule has 0 aliphatic rings. The van der Waals surface area contributed by atoms with E-state index in [0.29, 0.717) is 5.69 Å². The third-order valence-corrected chi connectivity index (χ3v) is 3.68. The maximum atomic E-state index is 12.8. The zero-order valence-corrected chi connectivity index (χ0v) is 12.1. The minimum atomic E-state index is -2.60. The van der Waals surface area contributed by atoms with Crippen LogP contribution in [0.1, 0.15) is 30.8 Å². The third-order valence-electron chi connectivity index (χ3n) is 3.68. The number of benzene rings is 1. The molecule has 1 atom stereocenters. The van der Waals surface area contributed by atoms with Crippen LogP contribution in [-0.2, 0) is 0 Å². The average molecular weight is 279 g/mol. The molecule has 0 radical (unpaired) electrons. The van der Waals surface area contributed by atoms with E-state index in [4.69, 9.17) is 0 Å². The molecule has 0 saturated heterocycles. The molecule has 0 fully saturated rings. The molecule has 2 rings (SSSR count). The van der Waals surface area contributed by atoms with E-state index in [2.05, 4.69) is 16.9 Å². The molecule has 0 spiro atoms. The number of halogens is 2. The van der Waals surface area contributed by atoms with Crippen LogP contribution in [0.2, 0.25) is 0 Å². The fraction of sp³-hybridized carbons (Fsp3) is 0.400. The topological polar surface area (TPSA) is 21.1 Å². The number of aromatic nitrogens is 2. The molecular formula is C15H19F2N3. The lowest BCUT2D eigenvalue weighted by Gasteiger charge is -2.20. The molecule has 1 aromatic carbocycles. The predicted molar refractivity (Wildman–Crippen MR) is 75.8 cm³/mol. The van der Waals surface area contributed by atoms with E-state index in [-0.39, 0.29) is 6.04 Å². The largest absolute Gasteiger partial charge is 0.333 e. The Labute approximate surface area is 117 Å². The second-order valence-electron chi connectivity index (χ2n) is 5.13. The molecule has 1 heterocycles. The lowest BCUT2D eigenvalue weighted by Crippen LogP contribution is -2.16. The normalized spacial score (nSPS) is 13.2. The van der Waals surface area contributed by atoms with Crippen molar-refractivity contribution in [3.8, 4) is 11.1 Å². The number of alkyl halides is 2. The zero-order chi connectivity index (χ0) is 14.9. The van der Waals surface area contributed by atoms with Crippen molar-refractivity contribution in [1.29, 1.82) is 0 Å². The van der Waals surface area contributed by atoms with Gasteiger partial charge in [0.05, 0.1) is 6.20 Å². The standard InChI is InChI=1S/C15H19F2N3/c1-10(19(3)4)12-6-5-7-13(8-12)14-9-18-20(11(14)2)15(16)17/h5-10,15H,1-4H3/t10-/m0/s1. The van der Waals surface area contributed by atoms with Gasteiger partial charge in [-0.15, -0.1) is 0 Å². The molecule has 0 aliphatic heterocycles. The molecule has 0 N–H and O–H groups in total. The van der Waals surface area contributed by atoms with Gasteiger partial charge in [0.2, 0.25) is 0 Å². The average Bonchev–Trinajstić information content (AvgIpc) is 2.80. The first-order valence-electron chi connectivity index (χ1n) is 6.51. The molecule has 2 aromatic rings. The molecule has 0 saturated carbocycles. The van der Waals surface area contributed by atoms with E-state index in [0.717, 1.165) is 21.4 Å². The first-order chi connectivity index (χ1) is 9.41. The van der Waals surface area contributed by atoms with Gasteiger partial charge in [0.25, 0.3) is 0 Å². The highest BCUT2D eigenvalue weighted by Crippen LogP contribution is 2.28. The Hall–Kier alpha value is -1.75. The van der Waals surface area contributed by atoms with Crippen LogP contribution in [-0.4, -0.2) is 28.8 Å². The molecule has 5 heteroatoms. The molecule has 0 aliphatic carbocycles. The minimum absolute atomic E-state index is 0.264. The van der Waals surface area contributed by atoms with Crippen LogP contribution in [0.5, 0.6) is 0 Å². The first-order valence-corrected chi connectivity index (χ1v) is 6.51. The monoisotopic (exact) mass is 279 g/mol. The Kier molecular flexibility index (Phi) is 4.18. The van der Waals surface area contributed by atoms with Crippen LogP contribution >= 0.6 is 0 Å². The number of hydrogen-bond acceptors (Lipinski definition) is 2. The van der Waals surface area contributed by atoms with Gasteiger partial charge in [0.15, 0.2) is 0 Å². The highest BCUT2D eigenvalue weighted by molar-refractivity contribution is 5.66. The van der Waals surface area contributed by atoms with Crippen molar-refractivity contribution >= 4 is 0 Å². The van der Waals surface area contributed by atoms with Crippen molar-refractivity contribution in [2.75, 3.05) is 14.1 Å². The maximum Gasteiger partial charge on any atom is 0.333 e. The Balaban J connectivity index is 2.41. The molecule has 20 heavy (non-hydrogen) atoms. The van der Waals surface area contributed by atoms with Gasteiger partial charge in [-0.25, -0.2) is 4.68 Å². The van der Waals surface area contributed by atoms with Crippen molar-refractivity contribution in [2.45, 2.75) is 26.4 Å². The van der Waals surface area contributed by atoms with Crippen molar-refractivity contribution in [3.05, 3.63) is 41.7 Å². The summed E-state index contributed by atoms with van der Waals surface area (Å²) >= 11 is 0. The van der Waals surface area contributed by atoms with Crippen LogP contribution in [0.3, 0.4) is 0 Å². The van der Waals surface area contributed by atoms with Crippen LogP contribution in [0.15, 0.2) is 30.5 Å². The predicted octanol–water partition coefficient (Wildman–Crippen LogP) is 3.88. The summed E-state index contributed by atoms with van der Waals surface area (Å²) in [5.74, 6) is 0. The fourth-order valence-electron chi connectivity index (χ4n) is 2.17. The molecule has 1 aromatic heterocycles. The summed E-state index contributed by atoms with van der Waals surface area (Å²) in [4.78, 5) is 2.11. The molecule has 0 unspecified atom stereocenters. The van der Waals surface area contributed by atoms with E-state index < -0.39 is 6.55 Å². The third kappa shape index (κ3) is 2.72. The highest BCUT2D eigenvalue weighted by atomic mass is 19.3. The van der Waals surface area contributed by atoms with Crippen molar-refractivity contribution in [1.82, 2.24) is 14.7 Å². The number of nitrogens with zero attached hydrogens (tertiary/aromatic N) is 3. The van der Waals surface area contributed by atoms with Gasteiger partial charge in [-0.3, -0.25) is 0 Å². The molecular weight excluding hydrogens is 260 g/mol. The Morgan fingerprint density at radius 3 is 2.50 bits per heavy atom. The lowest BCUT2D eigenvalue weighted by atomic mass is 10.0. The zero-order valence-electron chi connectivity index (χ0n) is 12.1. The maximum absolute atomic E-state index is 12.8. The summed E-state index contributed by atoms with van der Waals surface area (Å²) in [6, 6.07) is 8.21. The van der Waals surface area contributed by atoms with Gasteiger partial charge in [0, 0.05) is 17.3 Å². The second-order valence-corrected chi connectivity index (χ2v) is 5.13. The number of hydrogen-bond donors (Lipinski definition) is 0. The van der Waals surface area contributed by atoms with Crippen LogP contribution < -0.4 is 0 Å². The second kappa shape index (κ2) is 5.71. The lowest BCUT2D eigenvalue weighted by molar-refractivity contribution is 0.0545. The smallest absolute Gasteiger partial charge is 0.303 e. The van der Waals surface area contributed by atoms with E-state index in [1.54, 1.807) is 6.92 Å². The highest BCUT2D eigenvalue weighted by Gasteiger charge is 2.15. The SMILES string of the molecule is Cc1c(-c2cccc([C@H](C)N(C)C)c2)cnn1C(F)F. The van der Waals surface area contributed by atoms with Gasteiger partial charge < -0.3 is 4.90 Å². The van der Waals surface area contributed by atoms with Crippen LogP contribution in [0, 0.1) is 6.92 Å². The summed E-state index contributed by atoms with van der Waals surface area (Å²) in [5, 5.41) is 3.76. The summed E-state index contributed by atoms with van der Waals surface area (Å²) in [6.07, 6.45) is 1.50. The quantitative estimate of drug-likeness (QED) is 0.847. The van der Waals surface area contributed by atoms with Crippen molar-refractivity contribution in [2.24, 2.45) is 0 Å². The fourth-order valence-corrected chi connectivity index (χ4v) is 2.17. The molecule has 0 bridgehead atoms. The van der Waals surface area contributed by atoms with E-state index in [1.165, 1.54) is 6.20 Å². The Morgan fingerprint density at radius 2 is 1.95 bits per heavy atom. The van der Waals surface area contributed by atoms with Gasteiger partial charge in [-0.2, -0.15) is 13.9 Å². The molecule has 0 amide bonds.